The molecule has 60 heavy (non-hydrogen) atoms. The van der Waals surface area contributed by atoms with Crippen LogP contribution in [-0.4, -0.2) is 109 Å². The fourth-order valence-electron chi connectivity index (χ4n) is 8.00. The Bertz CT molecular complexity index is 2300. The van der Waals surface area contributed by atoms with Crippen LogP contribution in [0.15, 0.2) is 70.7 Å². The monoisotopic (exact) mass is 836 g/mol. The molecule has 5 aromatic rings. The molecule has 5 atom stereocenters. The molecule has 17 heteroatoms. The Kier molecular flexibility index (Phi) is 13.1. The number of hydrogen-bond acceptors (Lipinski definition) is 14. The first kappa shape index (κ1) is 42.2. The van der Waals surface area contributed by atoms with Crippen LogP contribution in [0.4, 0.5) is 5.69 Å². The van der Waals surface area contributed by atoms with Crippen molar-refractivity contribution in [2.75, 3.05) is 38.1 Å². The van der Waals surface area contributed by atoms with E-state index in [1.807, 2.05) is 57.5 Å². The molecule has 3 aromatic heterocycles. The molecule has 0 bridgehead atoms. The van der Waals surface area contributed by atoms with E-state index in [1.165, 1.54) is 4.90 Å². The number of benzene rings is 2. The molecule has 2 saturated heterocycles. The fourth-order valence-corrected chi connectivity index (χ4v) is 8.81. The zero-order valence-corrected chi connectivity index (χ0v) is 35.0. The second kappa shape index (κ2) is 18.6. The number of aryl methyl sites for hydroxylation is 1. The first-order valence-corrected chi connectivity index (χ1v) is 21.1. The van der Waals surface area contributed by atoms with Crippen molar-refractivity contribution in [3.63, 3.8) is 0 Å². The van der Waals surface area contributed by atoms with Gasteiger partial charge < -0.3 is 40.7 Å². The molecular weight excluding hydrogens is 785 g/mol. The van der Waals surface area contributed by atoms with E-state index in [4.69, 9.17) is 20.4 Å². The average molecular weight is 837 g/mol. The summed E-state index contributed by atoms with van der Waals surface area (Å²) >= 11 is 1.58. The highest BCUT2D eigenvalue weighted by Gasteiger charge is 2.43. The van der Waals surface area contributed by atoms with Crippen molar-refractivity contribution in [3.05, 3.63) is 88.9 Å². The number of rotatable bonds is 15. The van der Waals surface area contributed by atoms with Crippen LogP contribution in [0.5, 0.6) is 11.6 Å². The average Bonchev–Trinajstić information content (AvgIpc) is 3.98. The highest BCUT2D eigenvalue weighted by atomic mass is 32.1. The maximum absolute atomic E-state index is 14.2. The Labute approximate surface area is 352 Å². The van der Waals surface area contributed by atoms with Crippen molar-refractivity contribution in [1.29, 1.82) is 5.41 Å². The van der Waals surface area contributed by atoms with Gasteiger partial charge in [-0.25, -0.2) is 4.98 Å². The number of nitrogens with two attached hydrogens (primary N) is 1. The van der Waals surface area contributed by atoms with Gasteiger partial charge in [0.2, 0.25) is 11.8 Å². The second-order valence-corrected chi connectivity index (χ2v) is 16.7. The molecular formula is C43H52N10O6S. The molecule has 7 N–H and O–H groups in total. The smallest absolute Gasteiger partial charge is 0.254 e. The number of piperidine rings is 1. The van der Waals surface area contributed by atoms with E-state index in [0.717, 1.165) is 41.1 Å². The number of anilines is 1. The minimum atomic E-state index is -0.847. The zero-order chi connectivity index (χ0) is 42.5. The molecule has 0 radical (unpaired) electrons. The fraction of sp³-hybridized carbons (Fsp3) is 0.419. The van der Waals surface area contributed by atoms with Gasteiger partial charge in [-0.1, -0.05) is 50.2 Å². The number of ether oxygens (including phenoxy) is 1. The van der Waals surface area contributed by atoms with Crippen molar-refractivity contribution in [1.82, 2.24) is 35.5 Å². The number of nitrogens with zero attached hydrogens (tertiary/aromatic N) is 6. The number of nitrogen functional groups attached to an aromatic ring is 1. The SMILES string of the molecule is Cc1ncsc1-c1ccc([C@H](C)NC(=O)[C@@H]2C[C@@H](O)CN2C(=O)C(c2cc(OCCN3CCCC(Nc4cc(-c5ccccc5O)nnc4C(=N)N)C3)no2)C(C)C)cc1. The molecule has 0 aliphatic carbocycles. The molecule has 16 nitrogen and oxygen atoms in total. The van der Waals surface area contributed by atoms with Crippen molar-refractivity contribution in [2.45, 2.75) is 77.1 Å². The summed E-state index contributed by atoms with van der Waals surface area (Å²) in [5.41, 5.74) is 12.4. The van der Waals surface area contributed by atoms with Crippen LogP contribution < -0.4 is 21.1 Å². The summed E-state index contributed by atoms with van der Waals surface area (Å²) in [4.78, 5) is 37.0. The van der Waals surface area contributed by atoms with Gasteiger partial charge in [0.15, 0.2) is 11.5 Å². The van der Waals surface area contributed by atoms with Crippen LogP contribution in [0.25, 0.3) is 21.7 Å². The number of amides is 2. The number of carbonyl (C=O) groups is 2. The summed E-state index contributed by atoms with van der Waals surface area (Å²) in [6, 6.07) is 17.1. The van der Waals surface area contributed by atoms with Crippen LogP contribution in [0.1, 0.15) is 74.7 Å². The van der Waals surface area contributed by atoms with Gasteiger partial charge in [0.05, 0.1) is 39.6 Å². The summed E-state index contributed by atoms with van der Waals surface area (Å²) < 4.78 is 11.7. The summed E-state index contributed by atoms with van der Waals surface area (Å²) in [5.74, 6) is -1.16. The van der Waals surface area contributed by atoms with Crippen molar-refractivity contribution in [2.24, 2.45) is 11.7 Å². The molecule has 2 aromatic carbocycles. The van der Waals surface area contributed by atoms with E-state index in [2.05, 4.69) is 35.9 Å². The Morgan fingerprint density at radius 3 is 2.60 bits per heavy atom. The quantitative estimate of drug-likeness (QED) is 0.0598. The topological polar surface area (TPSA) is 229 Å². The van der Waals surface area contributed by atoms with E-state index >= 15 is 0 Å². The Hall–Kier alpha value is -5.91. The Balaban J connectivity index is 0.939. The first-order chi connectivity index (χ1) is 28.9. The first-order valence-electron chi connectivity index (χ1n) is 20.2. The second-order valence-electron chi connectivity index (χ2n) is 15.9. The lowest BCUT2D eigenvalue weighted by molar-refractivity contribution is -0.141. The van der Waals surface area contributed by atoms with E-state index in [9.17, 15) is 19.8 Å². The maximum atomic E-state index is 14.2. The lowest BCUT2D eigenvalue weighted by atomic mass is 9.91. The molecule has 7 rings (SSSR count). The minimum absolute atomic E-state index is 0.0263. The number of aliphatic hydroxyl groups excluding tert-OH is 1. The number of aromatic hydroxyl groups is 1. The lowest BCUT2D eigenvalue weighted by Gasteiger charge is -2.33. The van der Waals surface area contributed by atoms with Gasteiger partial charge >= 0.3 is 0 Å². The Morgan fingerprint density at radius 2 is 1.88 bits per heavy atom. The summed E-state index contributed by atoms with van der Waals surface area (Å²) in [7, 11) is 0. The normalized spacial score (nSPS) is 19.2. The summed E-state index contributed by atoms with van der Waals surface area (Å²) in [5, 5.41) is 48.2. The molecule has 2 unspecified atom stereocenters. The van der Waals surface area contributed by atoms with Crippen LogP contribution >= 0.6 is 11.3 Å². The molecule has 2 aliphatic heterocycles. The lowest BCUT2D eigenvalue weighted by Crippen LogP contribution is -2.48. The number of phenols is 1. The zero-order valence-electron chi connectivity index (χ0n) is 34.2. The number of para-hydroxylation sites is 1. The van der Waals surface area contributed by atoms with Crippen molar-refractivity contribution < 1.29 is 29.1 Å². The molecule has 316 valence electrons. The number of thiazole rings is 1. The van der Waals surface area contributed by atoms with Crippen LogP contribution in [0.3, 0.4) is 0 Å². The van der Waals surface area contributed by atoms with Gasteiger partial charge in [-0.2, -0.15) is 0 Å². The van der Waals surface area contributed by atoms with Crippen LogP contribution in [-0.2, 0) is 9.59 Å². The van der Waals surface area contributed by atoms with E-state index in [0.29, 0.717) is 42.4 Å². The number of phenolic OH excluding ortho intramolecular Hbond substituents is 1. The molecule has 2 aliphatic rings. The third kappa shape index (κ3) is 9.59. The number of carbonyl (C=O) groups excluding carboxylic acids is 2. The minimum Gasteiger partial charge on any atom is -0.507 e. The van der Waals surface area contributed by atoms with Crippen LogP contribution in [0.2, 0.25) is 0 Å². The van der Waals surface area contributed by atoms with Gasteiger partial charge in [0.25, 0.3) is 5.88 Å². The summed E-state index contributed by atoms with van der Waals surface area (Å²) in [6.07, 6.45) is 1.10. The number of likely N-dealkylation sites (tertiary alicyclic amines) is 2. The van der Waals surface area contributed by atoms with Crippen LogP contribution in [0, 0.1) is 18.3 Å². The largest absolute Gasteiger partial charge is 0.507 e. The van der Waals surface area contributed by atoms with E-state index in [1.54, 1.807) is 47.7 Å². The number of aromatic nitrogens is 4. The van der Waals surface area contributed by atoms with Crippen molar-refractivity contribution in [3.8, 4) is 33.3 Å². The number of hydrogen-bond donors (Lipinski definition) is 6. The third-order valence-electron chi connectivity index (χ3n) is 11.1. The number of amidine groups is 1. The molecule has 5 heterocycles. The van der Waals surface area contributed by atoms with Gasteiger partial charge in [0, 0.05) is 43.7 Å². The van der Waals surface area contributed by atoms with E-state index < -0.39 is 18.1 Å². The molecule has 0 spiro atoms. The number of aliphatic hydroxyl groups is 1. The highest BCUT2D eigenvalue weighted by Crippen LogP contribution is 2.34. The van der Waals surface area contributed by atoms with Gasteiger partial charge in [-0.05, 0) is 73.6 Å². The number of β-amino-alcohol motifs (C(OH)–C–C–N with tert-alkyl or cyclic N) is 1. The third-order valence-corrected chi connectivity index (χ3v) is 12.1. The highest BCUT2D eigenvalue weighted by molar-refractivity contribution is 7.13. The Morgan fingerprint density at radius 1 is 1.10 bits per heavy atom. The predicted octanol–water partition coefficient (Wildman–Crippen LogP) is 5.09. The van der Waals surface area contributed by atoms with Gasteiger partial charge in [0.1, 0.15) is 30.2 Å². The van der Waals surface area contributed by atoms with Gasteiger partial charge in [-0.3, -0.25) is 19.9 Å². The van der Waals surface area contributed by atoms with Crippen molar-refractivity contribution >= 4 is 34.7 Å². The molecule has 2 fully saturated rings. The predicted molar refractivity (Wildman–Crippen MR) is 228 cm³/mol. The summed E-state index contributed by atoms with van der Waals surface area (Å²) in [6.45, 7) is 10.2. The standard InChI is InChI=1S/C43H52N10O6S/c1-24(2)38(43(57)53-22-30(54)18-34(53)42(56)47-25(3)27-11-13-28(14-12-27)40-26(4)46-23-60-40)36-20-37(51-59-36)58-17-16-52-15-7-8-29(21-52)48-33-19-32(49-50-39(33)41(44)45)31-9-5-6-10-35(31)55/h5-6,9-14,19-20,23-25,29-30,34,38,54-55H,7-8,15-18,21-22H2,1-4H3,(H3,44,45)(H,47,56)(H,48,49)/t25-,29?,30+,34-,38?/m0/s1. The van der Waals surface area contributed by atoms with E-state index in [-0.39, 0.29) is 65.9 Å². The molecule has 0 saturated carbocycles. The maximum Gasteiger partial charge on any atom is 0.254 e. The van der Waals surface area contributed by atoms with Gasteiger partial charge in [-0.15, -0.1) is 21.5 Å². The molecule has 2 amide bonds. The number of nitrogens with one attached hydrogen (secondary N) is 3.